The van der Waals surface area contributed by atoms with E-state index in [1.165, 1.54) is 18.2 Å². The van der Waals surface area contributed by atoms with Crippen LogP contribution in [0, 0.1) is 17.7 Å². The third-order valence-corrected chi connectivity index (χ3v) is 3.83. The fourth-order valence-corrected chi connectivity index (χ4v) is 2.55. The Labute approximate surface area is 126 Å². The molecule has 1 amide bonds. The number of benzene rings is 1. The van der Waals surface area contributed by atoms with E-state index in [0.29, 0.717) is 18.4 Å². The van der Waals surface area contributed by atoms with E-state index in [1.807, 2.05) is 6.08 Å². The van der Waals surface area contributed by atoms with E-state index < -0.39 is 23.6 Å². The second-order valence-electron chi connectivity index (χ2n) is 4.96. The van der Waals surface area contributed by atoms with Crippen molar-refractivity contribution in [3.8, 4) is 0 Å². The summed E-state index contributed by atoms with van der Waals surface area (Å²) in [7, 11) is 0. The Balaban J connectivity index is 1.99. The maximum absolute atomic E-state index is 13.0. The van der Waals surface area contributed by atoms with Gasteiger partial charge in [-0.15, -0.1) is 0 Å². The van der Waals surface area contributed by atoms with Gasteiger partial charge in [0.25, 0.3) is 0 Å². The molecule has 0 fully saturated rings. The first-order valence-corrected chi connectivity index (χ1v) is 6.96. The molecule has 0 unspecified atom stereocenters. The summed E-state index contributed by atoms with van der Waals surface area (Å²) in [5.74, 6) is -3.08. The number of carboxylic acids is 1. The molecular formula is C15H15ClFNO3. The molecule has 0 radical (unpaired) electrons. The second-order valence-corrected chi connectivity index (χ2v) is 5.37. The third kappa shape index (κ3) is 3.82. The lowest BCUT2D eigenvalue weighted by molar-refractivity contribution is -0.147. The van der Waals surface area contributed by atoms with Crippen LogP contribution < -0.4 is 5.32 Å². The number of nitrogens with one attached hydrogen (secondary N) is 1. The molecule has 0 spiro atoms. The minimum absolute atomic E-state index is 0.00855. The van der Waals surface area contributed by atoms with Gasteiger partial charge in [-0.1, -0.05) is 29.8 Å². The van der Waals surface area contributed by atoms with Gasteiger partial charge >= 0.3 is 5.97 Å². The van der Waals surface area contributed by atoms with Gasteiger partial charge in [-0.25, -0.2) is 4.39 Å². The van der Waals surface area contributed by atoms with Gasteiger partial charge in [0, 0.05) is 6.54 Å². The van der Waals surface area contributed by atoms with Crippen molar-refractivity contribution in [2.24, 2.45) is 11.8 Å². The summed E-state index contributed by atoms with van der Waals surface area (Å²) in [6.45, 7) is 0.186. The predicted molar refractivity (Wildman–Crippen MR) is 76.2 cm³/mol. The SMILES string of the molecule is O=C(O)[C@H]1CC=CC[C@H]1C(=O)NCc1ccc(F)c(Cl)c1. The largest absolute Gasteiger partial charge is 0.481 e. The zero-order valence-electron chi connectivity index (χ0n) is 11.2. The highest BCUT2D eigenvalue weighted by Crippen LogP contribution is 2.26. The molecule has 112 valence electrons. The molecule has 0 heterocycles. The van der Waals surface area contributed by atoms with Gasteiger partial charge in [-0.3, -0.25) is 9.59 Å². The van der Waals surface area contributed by atoms with Crippen LogP contribution in [0.25, 0.3) is 0 Å². The molecule has 1 aromatic carbocycles. The predicted octanol–water partition coefficient (Wildman–Crippen LogP) is 2.76. The van der Waals surface area contributed by atoms with E-state index in [0.717, 1.165) is 0 Å². The maximum Gasteiger partial charge on any atom is 0.307 e. The topological polar surface area (TPSA) is 66.4 Å². The van der Waals surface area contributed by atoms with Gasteiger partial charge in [0.1, 0.15) is 5.82 Å². The molecule has 0 aliphatic heterocycles. The van der Waals surface area contributed by atoms with Crippen molar-refractivity contribution >= 4 is 23.5 Å². The molecule has 0 saturated carbocycles. The lowest BCUT2D eigenvalue weighted by Crippen LogP contribution is -2.38. The van der Waals surface area contributed by atoms with Crippen molar-refractivity contribution < 1.29 is 19.1 Å². The summed E-state index contributed by atoms with van der Waals surface area (Å²) in [6.07, 6.45) is 4.36. The highest BCUT2D eigenvalue weighted by atomic mass is 35.5. The van der Waals surface area contributed by atoms with Crippen molar-refractivity contribution in [2.75, 3.05) is 0 Å². The number of rotatable bonds is 4. The summed E-state index contributed by atoms with van der Waals surface area (Å²) in [4.78, 5) is 23.3. The van der Waals surface area contributed by atoms with Crippen LogP contribution in [-0.2, 0) is 16.1 Å². The van der Waals surface area contributed by atoms with E-state index in [9.17, 15) is 14.0 Å². The Bertz CT molecular complexity index is 588. The molecule has 0 aromatic heterocycles. The number of allylic oxidation sites excluding steroid dienone is 2. The average Bonchev–Trinajstić information content (AvgIpc) is 2.48. The van der Waals surface area contributed by atoms with Crippen LogP contribution in [0.2, 0.25) is 5.02 Å². The Kier molecular flexibility index (Phi) is 4.96. The third-order valence-electron chi connectivity index (χ3n) is 3.54. The number of carbonyl (C=O) groups is 2. The monoisotopic (exact) mass is 311 g/mol. The van der Waals surface area contributed by atoms with Crippen LogP contribution in [0.15, 0.2) is 30.4 Å². The first-order chi connectivity index (χ1) is 9.99. The van der Waals surface area contributed by atoms with E-state index in [2.05, 4.69) is 5.32 Å². The molecule has 1 aliphatic carbocycles. The zero-order chi connectivity index (χ0) is 15.4. The van der Waals surface area contributed by atoms with Crippen molar-refractivity contribution in [1.82, 2.24) is 5.32 Å². The second kappa shape index (κ2) is 6.72. The molecule has 1 aromatic rings. The summed E-state index contributed by atoms with van der Waals surface area (Å²) >= 11 is 5.67. The van der Waals surface area contributed by atoms with Crippen molar-refractivity contribution in [3.63, 3.8) is 0 Å². The Morgan fingerprint density at radius 2 is 1.95 bits per heavy atom. The lowest BCUT2D eigenvalue weighted by Gasteiger charge is -2.24. The number of aliphatic carboxylic acids is 1. The number of amides is 1. The molecule has 2 rings (SSSR count). The van der Waals surface area contributed by atoms with Crippen molar-refractivity contribution in [2.45, 2.75) is 19.4 Å². The molecular weight excluding hydrogens is 297 g/mol. The molecule has 2 atom stereocenters. The van der Waals surface area contributed by atoms with Gasteiger partial charge in [-0.05, 0) is 30.5 Å². The van der Waals surface area contributed by atoms with Gasteiger partial charge in [-0.2, -0.15) is 0 Å². The van der Waals surface area contributed by atoms with Gasteiger partial charge < -0.3 is 10.4 Å². The van der Waals surface area contributed by atoms with E-state index in [4.69, 9.17) is 16.7 Å². The molecule has 0 saturated heterocycles. The normalized spacial score (nSPS) is 21.0. The summed E-state index contributed by atoms with van der Waals surface area (Å²) in [5.41, 5.74) is 0.660. The number of hydrogen-bond acceptors (Lipinski definition) is 2. The van der Waals surface area contributed by atoms with Gasteiger partial charge in [0.15, 0.2) is 0 Å². The van der Waals surface area contributed by atoms with Crippen LogP contribution in [0.3, 0.4) is 0 Å². The molecule has 4 nitrogen and oxygen atoms in total. The summed E-state index contributed by atoms with van der Waals surface area (Å²) in [5, 5.41) is 11.8. The van der Waals surface area contributed by atoms with E-state index in [-0.39, 0.29) is 17.5 Å². The molecule has 1 aliphatic rings. The fourth-order valence-electron chi connectivity index (χ4n) is 2.35. The first kappa shape index (κ1) is 15.5. The van der Waals surface area contributed by atoms with Crippen molar-refractivity contribution in [1.29, 1.82) is 0 Å². The Morgan fingerprint density at radius 3 is 2.57 bits per heavy atom. The van der Waals surface area contributed by atoms with Crippen LogP contribution in [0.1, 0.15) is 18.4 Å². The van der Waals surface area contributed by atoms with Crippen LogP contribution in [0.4, 0.5) is 4.39 Å². The fraction of sp³-hybridized carbons (Fsp3) is 0.333. The van der Waals surface area contributed by atoms with Crippen LogP contribution in [-0.4, -0.2) is 17.0 Å². The quantitative estimate of drug-likeness (QED) is 0.840. The van der Waals surface area contributed by atoms with E-state index >= 15 is 0 Å². The molecule has 2 N–H and O–H groups in total. The molecule has 21 heavy (non-hydrogen) atoms. The van der Waals surface area contributed by atoms with Gasteiger partial charge in [0.05, 0.1) is 16.9 Å². The van der Waals surface area contributed by atoms with Gasteiger partial charge in [0.2, 0.25) is 5.91 Å². The smallest absolute Gasteiger partial charge is 0.307 e. The summed E-state index contributed by atoms with van der Waals surface area (Å²) < 4.78 is 13.0. The van der Waals surface area contributed by atoms with Crippen LogP contribution in [0.5, 0.6) is 0 Å². The average molecular weight is 312 g/mol. The lowest BCUT2D eigenvalue weighted by atomic mass is 9.82. The first-order valence-electron chi connectivity index (χ1n) is 6.58. The summed E-state index contributed by atoms with van der Waals surface area (Å²) in [6, 6.07) is 4.19. The Hall–Kier alpha value is -1.88. The minimum Gasteiger partial charge on any atom is -0.481 e. The van der Waals surface area contributed by atoms with E-state index in [1.54, 1.807) is 6.08 Å². The Morgan fingerprint density at radius 1 is 1.29 bits per heavy atom. The maximum atomic E-state index is 13.0. The highest BCUT2D eigenvalue weighted by Gasteiger charge is 2.33. The number of carbonyl (C=O) groups excluding carboxylic acids is 1. The molecule has 6 heteroatoms. The number of hydrogen-bond donors (Lipinski definition) is 2. The number of halogens is 2. The minimum atomic E-state index is -0.968. The molecule has 0 bridgehead atoms. The van der Waals surface area contributed by atoms with Crippen molar-refractivity contribution in [3.05, 3.63) is 46.8 Å². The van der Waals surface area contributed by atoms with Crippen LogP contribution >= 0.6 is 11.6 Å². The number of carboxylic acid groups (broad SMARTS) is 1. The highest BCUT2D eigenvalue weighted by molar-refractivity contribution is 6.30. The standard InChI is InChI=1S/C15H15ClFNO3/c16-12-7-9(5-6-13(12)17)8-18-14(19)10-3-1-2-4-11(10)15(20)21/h1-2,5-7,10-11H,3-4,8H2,(H,18,19)(H,20,21)/t10-,11+/m1/s1. The zero-order valence-corrected chi connectivity index (χ0v) is 11.9.